The van der Waals surface area contributed by atoms with Crippen molar-refractivity contribution in [3.8, 4) is 0 Å². The van der Waals surface area contributed by atoms with Gasteiger partial charge in [0.1, 0.15) is 4.90 Å². The second-order valence-corrected chi connectivity index (χ2v) is 8.73. The lowest BCUT2D eigenvalue weighted by Crippen LogP contribution is -2.33. The van der Waals surface area contributed by atoms with E-state index in [0.717, 1.165) is 16.6 Å². The van der Waals surface area contributed by atoms with Crippen molar-refractivity contribution >= 4 is 31.5 Å². The Hall–Kier alpha value is -0.670. The summed E-state index contributed by atoms with van der Waals surface area (Å²) >= 11 is 5.89. The normalized spacial score (nSPS) is 12.8. The average molecular weight is 341 g/mol. The van der Waals surface area contributed by atoms with E-state index in [1.165, 1.54) is 19.2 Å². The minimum atomic E-state index is -3.83. The summed E-state index contributed by atoms with van der Waals surface area (Å²) in [6.45, 7) is 0.720. The second-order valence-electron chi connectivity index (χ2n) is 4.29. The molecule has 0 amide bonds. The van der Waals surface area contributed by atoms with Crippen molar-refractivity contribution in [2.45, 2.75) is 9.79 Å². The second kappa shape index (κ2) is 6.40. The quantitative estimate of drug-likeness (QED) is 0.819. The molecule has 0 aliphatic heterocycles. The predicted molar refractivity (Wildman–Crippen MR) is 78.3 cm³/mol. The van der Waals surface area contributed by atoms with Gasteiger partial charge < -0.3 is 5.32 Å². The molecule has 1 rings (SSSR count). The molecule has 0 aliphatic rings. The van der Waals surface area contributed by atoms with E-state index in [2.05, 4.69) is 5.32 Å². The summed E-state index contributed by atoms with van der Waals surface area (Å²) in [4.78, 5) is -0.289. The molecule has 0 spiro atoms. The van der Waals surface area contributed by atoms with Gasteiger partial charge in [-0.3, -0.25) is 0 Å². The number of halogens is 1. The molecule has 9 heteroatoms. The van der Waals surface area contributed by atoms with Gasteiger partial charge in [0.05, 0.1) is 9.92 Å². The van der Waals surface area contributed by atoms with E-state index in [4.69, 9.17) is 11.6 Å². The van der Waals surface area contributed by atoms with Crippen molar-refractivity contribution in [3.05, 3.63) is 23.2 Å². The maximum absolute atomic E-state index is 12.4. The standard InChI is InChI=1S/C11H17ClN2O4S2/c1-13-6-7-14(2)20(17,18)11-8-9(19(3,15)16)4-5-10(11)12/h4-5,8,13H,6-7H2,1-3H3. The first-order valence-electron chi connectivity index (χ1n) is 5.71. The maximum atomic E-state index is 12.4. The Morgan fingerprint density at radius 2 is 1.85 bits per heavy atom. The van der Waals surface area contributed by atoms with Gasteiger partial charge in [0.25, 0.3) is 0 Å². The molecule has 0 saturated heterocycles. The van der Waals surface area contributed by atoms with Crippen LogP contribution < -0.4 is 5.32 Å². The number of nitrogens with one attached hydrogen (secondary N) is 1. The van der Waals surface area contributed by atoms with Crippen LogP contribution in [0.1, 0.15) is 0 Å². The van der Waals surface area contributed by atoms with Gasteiger partial charge in [-0.1, -0.05) is 11.6 Å². The molecule has 1 aromatic rings. The van der Waals surface area contributed by atoms with Crippen LogP contribution in [-0.4, -0.2) is 54.6 Å². The Labute approximate surface area is 124 Å². The zero-order valence-corrected chi connectivity index (χ0v) is 13.8. The number of nitrogens with zero attached hydrogens (tertiary/aromatic N) is 1. The third-order valence-electron chi connectivity index (χ3n) is 2.70. The molecule has 0 aliphatic carbocycles. The molecule has 1 aromatic carbocycles. The van der Waals surface area contributed by atoms with Crippen molar-refractivity contribution in [1.29, 1.82) is 0 Å². The zero-order valence-electron chi connectivity index (χ0n) is 11.4. The molecule has 0 heterocycles. The first-order chi connectivity index (χ1) is 9.10. The molecule has 0 aromatic heterocycles. The van der Waals surface area contributed by atoms with E-state index in [1.54, 1.807) is 7.05 Å². The van der Waals surface area contributed by atoms with Gasteiger partial charge in [0.2, 0.25) is 10.0 Å². The first-order valence-corrected chi connectivity index (χ1v) is 9.42. The summed E-state index contributed by atoms with van der Waals surface area (Å²) in [5.41, 5.74) is 0. The first kappa shape index (κ1) is 17.4. The molecular weight excluding hydrogens is 324 g/mol. The molecule has 0 radical (unpaired) electrons. The monoisotopic (exact) mass is 340 g/mol. The van der Waals surface area contributed by atoms with Crippen molar-refractivity contribution in [3.63, 3.8) is 0 Å². The van der Waals surface area contributed by atoms with Crippen LogP contribution >= 0.6 is 11.6 Å². The van der Waals surface area contributed by atoms with Crippen LogP contribution in [0.2, 0.25) is 5.02 Å². The number of benzene rings is 1. The number of hydrogen-bond donors (Lipinski definition) is 1. The van der Waals surface area contributed by atoms with Crippen LogP contribution in [0.5, 0.6) is 0 Å². The number of sulfone groups is 1. The summed E-state index contributed by atoms with van der Waals surface area (Å²) in [6, 6.07) is 3.64. The predicted octanol–water partition coefficient (Wildman–Crippen LogP) is 0.583. The topological polar surface area (TPSA) is 83.6 Å². The molecule has 114 valence electrons. The maximum Gasteiger partial charge on any atom is 0.244 e. The Bertz CT molecular complexity index is 686. The van der Waals surface area contributed by atoms with Crippen LogP contribution in [-0.2, 0) is 19.9 Å². The van der Waals surface area contributed by atoms with Gasteiger partial charge in [0, 0.05) is 26.4 Å². The van der Waals surface area contributed by atoms with Crippen LogP contribution in [0.25, 0.3) is 0 Å². The highest BCUT2D eigenvalue weighted by Crippen LogP contribution is 2.26. The van der Waals surface area contributed by atoms with Crippen LogP contribution in [0.3, 0.4) is 0 Å². The lowest BCUT2D eigenvalue weighted by atomic mass is 10.4. The van der Waals surface area contributed by atoms with Crippen molar-refractivity contribution in [2.75, 3.05) is 33.4 Å². The minimum absolute atomic E-state index is 0.00583. The highest BCUT2D eigenvalue weighted by molar-refractivity contribution is 7.91. The van der Waals surface area contributed by atoms with Crippen LogP contribution in [0, 0.1) is 0 Å². The number of sulfonamides is 1. The molecular formula is C11H17ClN2O4S2. The van der Waals surface area contributed by atoms with Crippen molar-refractivity contribution in [1.82, 2.24) is 9.62 Å². The SMILES string of the molecule is CNCCN(C)S(=O)(=O)c1cc(S(C)(=O)=O)ccc1Cl. The Morgan fingerprint density at radius 3 is 2.35 bits per heavy atom. The third-order valence-corrected chi connectivity index (χ3v) is 6.14. The average Bonchev–Trinajstić information content (AvgIpc) is 2.34. The number of hydrogen-bond acceptors (Lipinski definition) is 5. The smallest absolute Gasteiger partial charge is 0.244 e. The Kier molecular flexibility index (Phi) is 5.56. The van der Waals surface area contributed by atoms with Gasteiger partial charge in [0.15, 0.2) is 9.84 Å². The van der Waals surface area contributed by atoms with E-state index in [0.29, 0.717) is 6.54 Å². The molecule has 0 atom stereocenters. The summed E-state index contributed by atoms with van der Waals surface area (Å²) < 4.78 is 48.8. The number of rotatable bonds is 6. The number of likely N-dealkylation sites (N-methyl/N-ethyl adjacent to an activating group) is 2. The van der Waals surface area contributed by atoms with E-state index in [9.17, 15) is 16.8 Å². The molecule has 6 nitrogen and oxygen atoms in total. The van der Waals surface area contributed by atoms with E-state index >= 15 is 0 Å². The van der Waals surface area contributed by atoms with Gasteiger partial charge in [-0.05, 0) is 25.2 Å². The molecule has 0 fully saturated rings. The molecule has 0 unspecified atom stereocenters. The van der Waals surface area contributed by atoms with Gasteiger partial charge in [-0.15, -0.1) is 0 Å². The fourth-order valence-corrected chi connectivity index (χ4v) is 3.86. The van der Waals surface area contributed by atoms with Crippen LogP contribution in [0.4, 0.5) is 0 Å². The minimum Gasteiger partial charge on any atom is -0.318 e. The fourth-order valence-electron chi connectivity index (χ4n) is 1.47. The van der Waals surface area contributed by atoms with E-state index < -0.39 is 19.9 Å². The van der Waals surface area contributed by atoms with Crippen LogP contribution in [0.15, 0.2) is 28.0 Å². The largest absolute Gasteiger partial charge is 0.318 e. The van der Waals surface area contributed by atoms with Crippen molar-refractivity contribution < 1.29 is 16.8 Å². The fraction of sp³-hybridized carbons (Fsp3) is 0.455. The molecule has 0 bridgehead atoms. The van der Waals surface area contributed by atoms with Gasteiger partial charge >= 0.3 is 0 Å². The molecule has 20 heavy (non-hydrogen) atoms. The summed E-state index contributed by atoms with van der Waals surface area (Å²) in [6.07, 6.45) is 1.01. The summed E-state index contributed by atoms with van der Waals surface area (Å²) in [7, 11) is -4.21. The third kappa shape index (κ3) is 3.92. The summed E-state index contributed by atoms with van der Waals surface area (Å²) in [5.74, 6) is 0. The van der Waals surface area contributed by atoms with E-state index in [-0.39, 0.29) is 21.4 Å². The molecule has 0 saturated carbocycles. The Balaban J connectivity index is 3.31. The van der Waals surface area contributed by atoms with Gasteiger partial charge in [-0.2, -0.15) is 4.31 Å². The Morgan fingerprint density at radius 1 is 1.25 bits per heavy atom. The van der Waals surface area contributed by atoms with E-state index in [1.807, 2.05) is 0 Å². The van der Waals surface area contributed by atoms with Crippen molar-refractivity contribution in [2.24, 2.45) is 0 Å². The zero-order chi connectivity index (χ0) is 15.6. The highest BCUT2D eigenvalue weighted by atomic mass is 35.5. The summed E-state index contributed by atoms with van der Waals surface area (Å²) in [5, 5.41) is 2.83. The lowest BCUT2D eigenvalue weighted by molar-refractivity contribution is 0.466. The van der Waals surface area contributed by atoms with Gasteiger partial charge in [-0.25, -0.2) is 16.8 Å². The molecule has 1 N–H and O–H groups in total. The highest BCUT2D eigenvalue weighted by Gasteiger charge is 2.25. The lowest BCUT2D eigenvalue weighted by Gasteiger charge is -2.18.